The van der Waals surface area contributed by atoms with Crippen LogP contribution in [0, 0.1) is 5.92 Å². The Morgan fingerprint density at radius 2 is 2.31 bits per heavy atom. The fraction of sp³-hybridized carbons (Fsp3) is 0.727. The summed E-state index contributed by atoms with van der Waals surface area (Å²) < 4.78 is 0. The number of hydrogen-bond donors (Lipinski definition) is 1. The van der Waals surface area contributed by atoms with Crippen molar-refractivity contribution < 1.29 is 4.79 Å². The molecule has 5 nitrogen and oxygen atoms in total. The Kier molecular flexibility index (Phi) is 2.94. The van der Waals surface area contributed by atoms with E-state index in [1.165, 1.54) is 12.8 Å². The van der Waals surface area contributed by atoms with Gasteiger partial charge in [-0.05, 0) is 25.7 Å². The number of amides is 1. The summed E-state index contributed by atoms with van der Waals surface area (Å²) in [5, 5.41) is 6.71. The van der Waals surface area contributed by atoms with E-state index in [0.717, 1.165) is 12.2 Å². The average Bonchev–Trinajstić information content (AvgIpc) is 3.04. The molecule has 0 aliphatic heterocycles. The van der Waals surface area contributed by atoms with E-state index < -0.39 is 0 Å². The van der Waals surface area contributed by atoms with Crippen LogP contribution in [0.5, 0.6) is 0 Å². The van der Waals surface area contributed by atoms with Crippen LogP contribution in [0.1, 0.15) is 43.1 Å². The molecule has 88 valence electrons. The topological polar surface area (TPSA) is 61.9 Å². The summed E-state index contributed by atoms with van der Waals surface area (Å²) in [4.78, 5) is 17.9. The summed E-state index contributed by atoms with van der Waals surface area (Å²) >= 11 is 0. The number of carbonyl (C=O) groups excluding carboxylic acids is 1. The number of aromatic amines is 1. The van der Waals surface area contributed by atoms with Crippen molar-refractivity contribution >= 4 is 5.91 Å². The van der Waals surface area contributed by atoms with Crippen LogP contribution in [0.4, 0.5) is 0 Å². The molecule has 1 aromatic heterocycles. The first kappa shape index (κ1) is 11.1. The SMILES string of the molecule is CCc1nc(C(=O)N(C)C(C)C2CC2)n[nH]1. The zero-order chi connectivity index (χ0) is 11.7. The van der Waals surface area contributed by atoms with Crippen LogP contribution < -0.4 is 0 Å². The number of nitrogens with one attached hydrogen (secondary N) is 1. The minimum atomic E-state index is -0.0876. The molecule has 16 heavy (non-hydrogen) atoms. The van der Waals surface area contributed by atoms with Crippen molar-refractivity contribution in [3.8, 4) is 0 Å². The molecule has 0 saturated heterocycles. The van der Waals surface area contributed by atoms with Crippen LogP contribution in [-0.2, 0) is 6.42 Å². The quantitative estimate of drug-likeness (QED) is 0.833. The molecule has 1 N–H and O–H groups in total. The van der Waals surface area contributed by atoms with Crippen LogP contribution in [0.3, 0.4) is 0 Å². The number of carbonyl (C=O) groups is 1. The third-order valence-electron chi connectivity index (χ3n) is 3.29. The number of H-pyrrole nitrogens is 1. The van der Waals surface area contributed by atoms with Crippen molar-refractivity contribution in [1.82, 2.24) is 20.1 Å². The molecule has 0 spiro atoms. The Labute approximate surface area is 95.2 Å². The molecule has 0 bridgehead atoms. The monoisotopic (exact) mass is 222 g/mol. The van der Waals surface area contributed by atoms with E-state index in [9.17, 15) is 4.79 Å². The zero-order valence-corrected chi connectivity index (χ0v) is 10.0. The predicted octanol–water partition coefficient (Wildman–Crippen LogP) is 1.24. The molecule has 1 atom stereocenters. The summed E-state index contributed by atoms with van der Waals surface area (Å²) in [7, 11) is 1.83. The molecule has 2 rings (SSSR count). The molecular weight excluding hydrogens is 204 g/mol. The highest BCUT2D eigenvalue weighted by molar-refractivity contribution is 5.90. The van der Waals surface area contributed by atoms with Gasteiger partial charge in [-0.25, -0.2) is 4.98 Å². The van der Waals surface area contributed by atoms with E-state index in [4.69, 9.17) is 0 Å². The minimum absolute atomic E-state index is 0.0876. The van der Waals surface area contributed by atoms with Gasteiger partial charge in [-0.15, -0.1) is 5.10 Å². The first-order valence-corrected chi connectivity index (χ1v) is 5.82. The lowest BCUT2D eigenvalue weighted by Crippen LogP contribution is -2.37. The van der Waals surface area contributed by atoms with Gasteiger partial charge in [0, 0.05) is 19.5 Å². The third kappa shape index (κ3) is 2.08. The molecule has 1 aliphatic rings. The maximum atomic E-state index is 12.0. The second-order valence-corrected chi connectivity index (χ2v) is 4.45. The van der Waals surface area contributed by atoms with Crippen molar-refractivity contribution in [2.75, 3.05) is 7.05 Å². The van der Waals surface area contributed by atoms with Gasteiger partial charge in [-0.3, -0.25) is 9.89 Å². The number of hydrogen-bond acceptors (Lipinski definition) is 3. The van der Waals surface area contributed by atoms with Gasteiger partial charge in [0.25, 0.3) is 5.91 Å². The van der Waals surface area contributed by atoms with Gasteiger partial charge >= 0.3 is 0 Å². The van der Waals surface area contributed by atoms with Gasteiger partial charge in [0.05, 0.1) is 0 Å². The Morgan fingerprint density at radius 3 is 2.81 bits per heavy atom. The Balaban J connectivity index is 2.05. The predicted molar refractivity (Wildman–Crippen MR) is 60.0 cm³/mol. The highest BCUT2D eigenvalue weighted by Gasteiger charge is 2.33. The Morgan fingerprint density at radius 1 is 1.62 bits per heavy atom. The van der Waals surface area contributed by atoms with E-state index in [-0.39, 0.29) is 17.8 Å². The molecule has 5 heteroatoms. The highest BCUT2D eigenvalue weighted by atomic mass is 16.2. The summed E-state index contributed by atoms with van der Waals surface area (Å²) in [5.41, 5.74) is 0. The standard InChI is InChI=1S/C11H18N4O/c1-4-9-12-10(14-13-9)11(16)15(3)7(2)8-5-6-8/h7-8H,4-6H2,1-3H3,(H,12,13,14). The molecule has 1 fully saturated rings. The van der Waals surface area contributed by atoms with Gasteiger partial charge in [-0.2, -0.15) is 0 Å². The number of nitrogens with zero attached hydrogens (tertiary/aromatic N) is 3. The fourth-order valence-electron chi connectivity index (χ4n) is 1.79. The van der Waals surface area contributed by atoms with E-state index >= 15 is 0 Å². The Hall–Kier alpha value is -1.39. The first-order valence-electron chi connectivity index (χ1n) is 5.82. The maximum absolute atomic E-state index is 12.0. The summed E-state index contributed by atoms with van der Waals surface area (Å²) in [6.07, 6.45) is 3.22. The molecule has 1 amide bonds. The van der Waals surface area contributed by atoms with E-state index in [2.05, 4.69) is 22.1 Å². The smallest absolute Gasteiger partial charge is 0.293 e. The second kappa shape index (κ2) is 4.23. The van der Waals surface area contributed by atoms with Crippen LogP contribution in [0.15, 0.2) is 0 Å². The van der Waals surface area contributed by atoms with Crippen LogP contribution in [-0.4, -0.2) is 39.1 Å². The normalized spacial score (nSPS) is 17.2. The number of aromatic nitrogens is 3. The van der Waals surface area contributed by atoms with Gasteiger partial charge < -0.3 is 4.90 Å². The lowest BCUT2D eigenvalue weighted by Gasteiger charge is -2.23. The Bertz CT molecular complexity index is 383. The van der Waals surface area contributed by atoms with Gasteiger partial charge in [0.15, 0.2) is 0 Å². The fourth-order valence-corrected chi connectivity index (χ4v) is 1.79. The lowest BCUT2D eigenvalue weighted by molar-refractivity contribution is 0.0715. The summed E-state index contributed by atoms with van der Waals surface area (Å²) in [6.45, 7) is 4.06. The molecule has 1 aromatic rings. The van der Waals surface area contributed by atoms with E-state index in [1.807, 2.05) is 14.0 Å². The van der Waals surface area contributed by atoms with E-state index in [0.29, 0.717) is 5.92 Å². The van der Waals surface area contributed by atoms with Crippen LogP contribution in [0.2, 0.25) is 0 Å². The van der Waals surface area contributed by atoms with Crippen molar-refractivity contribution in [1.29, 1.82) is 0 Å². The van der Waals surface area contributed by atoms with Crippen molar-refractivity contribution in [3.05, 3.63) is 11.6 Å². The molecular formula is C11H18N4O. The van der Waals surface area contributed by atoms with Gasteiger partial charge in [-0.1, -0.05) is 6.92 Å². The molecule has 0 radical (unpaired) electrons. The largest absolute Gasteiger partial charge is 0.336 e. The summed E-state index contributed by atoms with van der Waals surface area (Å²) in [6, 6.07) is 0.288. The molecule has 1 aliphatic carbocycles. The van der Waals surface area contributed by atoms with E-state index in [1.54, 1.807) is 4.90 Å². The lowest BCUT2D eigenvalue weighted by atomic mass is 10.2. The number of aryl methyl sites for hydroxylation is 1. The van der Waals surface area contributed by atoms with Crippen molar-refractivity contribution in [2.24, 2.45) is 5.92 Å². The highest BCUT2D eigenvalue weighted by Crippen LogP contribution is 2.34. The van der Waals surface area contributed by atoms with Crippen LogP contribution >= 0.6 is 0 Å². The average molecular weight is 222 g/mol. The molecule has 1 unspecified atom stereocenters. The minimum Gasteiger partial charge on any atom is -0.336 e. The van der Waals surface area contributed by atoms with Crippen molar-refractivity contribution in [2.45, 2.75) is 39.2 Å². The van der Waals surface area contributed by atoms with Crippen molar-refractivity contribution in [3.63, 3.8) is 0 Å². The first-order chi connectivity index (χ1) is 7.63. The maximum Gasteiger partial charge on any atom is 0.293 e. The van der Waals surface area contributed by atoms with Crippen LogP contribution in [0.25, 0.3) is 0 Å². The van der Waals surface area contributed by atoms with Gasteiger partial charge in [0.1, 0.15) is 5.82 Å². The number of rotatable bonds is 4. The molecule has 1 heterocycles. The third-order valence-corrected chi connectivity index (χ3v) is 3.29. The molecule has 0 aromatic carbocycles. The van der Waals surface area contributed by atoms with Gasteiger partial charge in [0.2, 0.25) is 5.82 Å². The second-order valence-electron chi connectivity index (χ2n) is 4.45. The zero-order valence-electron chi connectivity index (χ0n) is 10.0. The summed E-state index contributed by atoms with van der Waals surface area (Å²) in [5.74, 6) is 1.62. The molecule has 1 saturated carbocycles.